The molecule has 16 heavy (non-hydrogen) atoms. The van der Waals surface area contributed by atoms with E-state index in [1.54, 1.807) is 6.07 Å². The maximum atomic E-state index is 11.3. The minimum Gasteiger partial charge on any atom is -0.345 e. The molecule has 0 radical (unpaired) electrons. The number of nitrogens with one attached hydrogen (secondary N) is 2. The zero-order valence-electron chi connectivity index (χ0n) is 9.91. The molecule has 0 aliphatic rings. The molecule has 0 heterocycles. The highest BCUT2D eigenvalue weighted by molar-refractivity contribution is 6.35. The molecule has 0 saturated heterocycles. The van der Waals surface area contributed by atoms with Crippen LogP contribution in [0.1, 0.15) is 13.3 Å². The van der Waals surface area contributed by atoms with E-state index in [2.05, 4.69) is 10.6 Å². The van der Waals surface area contributed by atoms with Gasteiger partial charge in [-0.1, -0.05) is 0 Å². The van der Waals surface area contributed by atoms with Crippen LogP contribution in [0.3, 0.4) is 0 Å². The minimum absolute atomic E-state index is 0.0669. The highest BCUT2D eigenvalue weighted by Crippen LogP contribution is 1.91. The second kappa shape index (κ2) is 7.65. The molecule has 0 rings (SSSR count). The van der Waals surface area contributed by atoms with Crippen LogP contribution in [0.2, 0.25) is 0 Å². The Morgan fingerprint density at radius 3 is 2.50 bits per heavy atom. The van der Waals surface area contributed by atoms with E-state index in [9.17, 15) is 9.59 Å². The molecule has 1 unspecified atom stereocenters. The number of hydrogen-bond donors (Lipinski definition) is 2. The first kappa shape index (κ1) is 14.4. The van der Waals surface area contributed by atoms with Crippen molar-refractivity contribution in [2.75, 3.05) is 27.2 Å². The van der Waals surface area contributed by atoms with Crippen molar-refractivity contribution in [2.24, 2.45) is 0 Å². The van der Waals surface area contributed by atoms with Crippen molar-refractivity contribution in [1.29, 1.82) is 5.26 Å². The average Bonchev–Trinajstić information content (AvgIpc) is 2.22. The van der Waals surface area contributed by atoms with E-state index in [1.165, 1.54) is 0 Å². The second-order valence-corrected chi connectivity index (χ2v) is 3.81. The fraction of sp³-hybridized carbons (Fsp3) is 0.700. The van der Waals surface area contributed by atoms with Gasteiger partial charge in [-0.2, -0.15) is 5.26 Å². The molecule has 0 aromatic carbocycles. The predicted molar refractivity (Wildman–Crippen MR) is 59.4 cm³/mol. The van der Waals surface area contributed by atoms with Gasteiger partial charge in [0, 0.05) is 6.04 Å². The molecule has 0 aliphatic heterocycles. The Labute approximate surface area is 95.6 Å². The molecule has 0 aromatic rings. The van der Waals surface area contributed by atoms with Gasteiger partial charge in [0.15, 0.2) is 0 Å². The molecule has 0 aliphatic carbocycles. The second-order valence-electron chi connectivity index (χ2n) is 3.81. The number of hydrogen-bond acceptors (Lipinski definition) is 4. The molecule has 0 fully saturated rings. The molecule has 6 heteroatoms. The number of rotatable bonds is 5. The Morgan fingerprint density at radius 2 is 2.00 bits per heavy atom. The standard InChI is InChI=1S/C10H18N4O2/c1-8(4-7-14(2)3)13-10(16)9(15)12-6-5-11/h8H,4,6-7H2,1-3H3,(H,12,15)(H,13,16). The third-order valence-corrected chi connectivity index (χ3v) is 1.92. The summed E-state index contributed by atoms with van der Waals surface area (Å²) in [4.78, 5) is 24.3. The molecule has 6 nitrogen and oxygen atoms in total. The highest BCUT2D eigenvalue weighted by atomic mass is 16.2. The SMILES string of the molecule is CC(CCN(C)C)NC(=O)C(=O)NCC#N. The summed E-state index contributed by atoms with van der Waals surface area (Å²) in [5, 5.41) is 13.0. The molecular weight excluding hydrogens is 208 g/mol. The Morgan fingerprint density at radius 1 is 1.38 bits per heavy atom. The van der Waals surface area contributed by atoms with Gasteiger partial charge in [0.1, 0.15) is 6.54 Å². The van der Waals surface area contributed by atoms with E-state index in [0.717, 1.165) is 13.0 Å². The van der Waals surface area contributed by atoms with Crippen LogP contribution in [-0.4, -0.2) is 49.9 Å². The summed E-state index contributed by atoms with van der Waals surface area (Å²) in [6, 6.07) is 1.66. The Balaban J connectivity index is 3.86. The van der Waals surface area contributed by atoms with E-state index in [-0.39, 0.29) is 12.6 Å². The summed E-state index contributed by atoms with van der Waals surface area (Å²) in [7, 11) is 3.88. The molecule has 1 atom stereocenters. The third-order valence-electron chi connectivity index (χ3n) is 1.92. The van der Waals surface area contributed by atoms with Gasteiger partial charge < -0.3 is 15.5 Å². The van der Waals surface area contributed by atoms with E-state index in [1.807, 2.05) is 25.9 Å². The third kappa shape index (κ3) is 6.79. The van der Waals surface area contributed by atoms with Gasteiger partial charge in [-0.15, -0.1) is 0 Å². The molecule has 90 valence electrons. The lowest BCUT2D eigenvalue weighted by molar-refractivity contribution is -0.139. The van der Waals surface area contributed by atoms with Gasteiger partial charge in [0.05, 0.1) is 6.07 Å². The lowest BCUT2D eigenvalue weighted by atomic mass is 10.2. The van der Waals surface area contributed by atoms with Gasteiger partial charge in [0.2, 0.25) is 0 Å². The summed E-state index contributed by atoms with van der Waals surface area (Å²) < 4.78 is 0. The fourth-order valence-corrected chi connectivity index (χ4v) is 1.01. The van der Waals surface area contributed by atoms with Crippen molar-refractivity contribution in [1.82, 2.24) is 15.5 Å². The van der Waals surface area contributed by atoms with Crippen molar-refractivity contribution in [2.45, 2.75) is 19.4 Å². The van der Waals surface area contributed by atoms with Crippen molar-refractivity contribution in [3.05, 3.63) is 0 Å². The van der Waals surface area contributed by atoms with Crippen molar-refractivity contribution in [3.8, 4) is 6.07 Å². The van der Waals surface area contributed by atoms with Gasteiger partial charge in [-0.3, -0.25) is 9.59 Å². The Hall–Kier alpha value is -1.61. The van der Waals surface area contributed by atoms with E-state index in [4.69, 9.17) is 5.26 Å². The number of carbonyl (C=O) groups excluding carboxylic acids is 2. The van der Waals surface area contributed by atoms with E-state index >= 15 is 0 Å². The van der Waals surface area contributed by atoms with Crippen molar-refractivity contribution in [3.63, 3.8) is 0 Å². The number of amides is 2. The Kier molecular flexibility index (Phi) is 6.88. The van der Waals surface area contributed by atoms with Crippen LogP contribution in [-0.2, 0) is 9.59 Å². The summed E-state index contributed by atoms with van der Waals surface area (Å²) in [5.74, 6) is -1.46. The van der Waals surface area contributed by atoms with Crippen molar-refractivity contribution < 1.29 is 9.59 Å². The smallest absolute Gasteiger partial charge is 0.310 e. The van der Waals surface area contributed by atoms with Crippen LogP contribution in [0, 0.1) is 11.3 Å². The molecule has 0 spiro atoms. The molecule has 2 N–H and O–H groups in total. The monoisotopic (exact) mass is 226 g/mol. The quantitative estimate of drug-likeness (QED) is 0.469. The highest BCUT2D eigenvalue weighted by Gasteiger charge is 2.15. The lowest BCUT2D eigenvalue weighted by Gasteiger charge is -2.16. The summed E-state index contributed by atoms with van der Waals surface area (Å²) in [6.45, 7) is 2.51. The van der Waals surface area contributed by atoms with E-state index < -0.39 is 11.8 Å². The van der Waals surface area contributed by atoms with Crippen LogP contribution >= 0.6 is 0 Å². The first-order valence-corrected chi connectivity index (χ1v) is 5.07. The summed E-state index contributed by atoms with van der Waals surface area (Å²) in [6.07, 6.45) is 0.768. The maximum absolute atomic E-state index is 11.3. The Bertz CT molecular complexity index is 283. The van der Waals surface area contributed by atoms with Crippen LogP contribution < -0.4 is 10.6 Å². The zero-order valence-corrected chi connectivity index (χ0v) is 9.91. The van der Waals surface area contributed by atoms with E-state index in [0.29, 0.717) is 0 Å². The number of nitriles is 1. The van der Waals surface area contributed by atoms with Crippen LogP contribution in [0.4, 0.5) is 0 Å². The first-order chi connectivity index (χ1) is 7.47. The van der Waals surface area contributed by atoms with Crippen LogP contribution in [0.25, 0.3) is 0 Å². The summed E-state index contributed by atoms with van der Waals surface area (Å²) in [5.41, 5.74) is 0. The van der Waals surface area contributed by atoms with Crippen molar-refractivity contribution >= 4 is 11.8 Å². The first-order valence-electron chi connectivity index (χ1n) is 5.07. The molecule has 0 bridgehead atoms. The largest absolute Gasteiger partial charge is 0.345 e. The van der Waals surface area contributed by atoms with Crippen LogP contribution in [0.5, 0.6) is 0 Å². The minimum atomic E-state index is -0.766. The molecule has 0 aromatic heterocycles. The fourth-order valence-electron chi connectivity index (χ4n) is 1.01. The molecular formula is C10H18N4O2. The normalized spacial score (nSPS) is 11.7. The maximum Gasteiger partial charge on any atom is 0.310 e. The zero-order chi connectivity index (χ0) is 12.6. The van der Waals surface area contributed by atoms with Gasteiger partial charge in [-0.25, -0.2) is 0 Å². The van der Waals surface area contributed by atoms with Gasteiger partial charge in [0.25, 0.3) is 0 Å². The number of nitrogens with zero attached hydrogens (tertiary/aromatic N) is 2. The van der Waals surface area contributed by atoms with Crippen LogP contribution in [0.15, 0.2) is 0 Å². The molecule has 0 saturated carbocycles. The number of carbonyl (C=O) groups is 2. The molecule has 2 amide bonds. The summed E-state index contributed by atoms with van der Waals surface area (Å²) >= 11 is 0. The predicted octanol–water partition coefficient (Wildman–Crippen LogP) is -0.917. The lowest BCUT2D eigenvalue weighted by Crippen LogP contribution is -2.44. The van der Waals surface area contributed by atoms with Gasteiger partial charge in [-0.05, 0) is 34.0 Å². The van der Waals surface area contributed by atoms with Gasteiger partial charge >= 0.3 is 11.8 Å². The average molecular weight is 226 g/mol. The topological polar surface area (TPSA) is 85.2 Å².